The number of aliphatic hydroxyl groups excluding tert-OH is 3. The van der Waals surface area contributed by atoms with E-state index in [9.17, 15) is 29.7 Å². The number of carbonyl (C=O) groups is 3. The first-order valence-corrected chi connectivity index (χ1v) is 21.2. The molecule has 18 atom stereocenters. The molecule has 4 aliphatic carbocycles. The van der Waals surface area contributed by atoms with E-state index in [4.69, 9.17) is 23.4 Å². The SMILES string of the molecule is CC1(C)OC2C3CCC4CC5(C)C(c6ccoc6CC(C(O)CO)C6CCC7C(C=CN8CNCC78)C6)OC(=O)C6OC65C5(C)C(O)C(=O)C1C2(COC3=O)C45. The van der Waals surface area contributed by atoms with Gasteiger partial charge in [0.1, 0.15) is 30.2 Å². The Kier molecular flexibility index (Phi) is 7.57. The van der Waals surface area contributed by atoms with Crippen LogP contribution in [0.3, 0.4) is 0 Å². The highest BCUT2D eigenvalue weighted by Crippen LogP contribution is 2.82. The van der Waals surface area contributed by atoms with Crippen LogP contribution in [0.15, 0.2) is 29.0 Å². The second-order valence-electron chi connectivity index (χ2n) is 20.3. The number of nitrogens with one attached hydrogen (secondary N) is 1. The highest BCUT2D eigenvalue weighted by molar-refractivity contribution is 5.92. The first-order chi connectivity index (χ1) is 26.7. The molecule has 13 nitrogen and oxygen atoms in total. The van der Waals surface area contributed by atoms with Gasteiger partial charge in [-0.05, 0) is 100 Å². The number of ketones is 1. The van der Waals surface area contributed by atoms with Crippen LogP contribution in [0.2, 0.25) is 0 Å². The summed E-state index contributed by atoms with van der Waals surface area (Å²) in [4.78, 5) is 44.8. The molecule has 5 saturated heterocycles. The molecule has 10 aliphatic rings. The van der Waals surface area contributed by atoms with E-state index in [2.05, 4.69) is 29.4 Å². The van der Waals surface area contributed by atoms with Crippen LogP contribution in [0.5, 0.6) is 0 Å². The third kappa shape index (κ3) is 4.20. The average Bonchev–Trinajstić information content (AvgIpc) is 3.43. The number of carbonyl (C=O) groups excluding carboxylic acids is 3. The number of fused-ring (bicyclic) bond motifs is 3. The lowest BCUT2D eigenvalue weighted by Gasteiger charge is -2.68. The van der Waals surface area contributed by atoms with E-state index in [1.54, 1.807) is 6.26 Å². The Bertz CT molecular complexity index is 1900. The summed E-state index contributed by atoms with van der Waals surface area (Å²) in [5.74, 6) is -1.47. The van der Waals surface area contributed by atoms with Crippen LogP contribution in [0.25, 0.3) is 0 Å². The summed E-state index contributed by atoms with van der Waals surface area (Å²) in [6.45, 7) is 9.29. The number of aliphatic hydroxyl groups is 3. The number of cyclic esters (lactones) is 2. The monoisotopic (exact) mass is 776 g/mol. The Morgan fingerprint density at radius 1 is 1.04 bits per heavy atom. The van der Waals surface area contributed by atoms with E-state index in [1.165, 1.54) is 0 Å². The number of allylic oxidation sites excluding steroid dienone is 1. The van der Waals surface area contributed by atoms with Crippen LogP contribution < -0.4 is 5.32 Å². The third-order valence-electron chi connectivity index (χ3n) is 17.8. The second kappa shape index (κ2) is 11.7. The van der Waals surface area contributed by atoms with Crippen molar-refractivity contribution in [2.45, 2.75) is 120 Å². The van der Waals surface area contributed by atoms with Crippen molar-refractivity contribution < 1.29 is 53.1 Å². The lowest BCUT2D eigenvalue weighted by atomic mass is 9.34. The molecule has 56 heavy (non-hydrogen) atoms. The van der Waals surface area contributed by atoms with Gasteiger partial charge in [-0.25, -0.2) is 4.79 Å². The fourth-order valence-corrected chi connectivity index (χ4v) is 16.0. The number of nitrogens with zero attached hydrogens (tertiary/aromatic N) is 1. The summed E-state index contributed by atoms with van der Waals surface area (Å²) in [6.07, 6.45) is 6.31. The maximum Gasteiger partial charge on any atom is 0.339 e. The van der Waals surface area contributed by atoms with Crippen molar-refractivity contribution in [2.24, 2.45) is 63.6 Å². The van der Waals surface area contributed by atoms with Crippen LogP contribution in [0.1, 0.15) is 83.6 Å². The van der Waals surface area contributed by atoms with Gasteiger partial charge in [0, 0.05) is 40.8 Å². The number of Topliss-reactive ketones (excluding diaryl/α,β-unsaturated/α-hetero) is 1. The van der Waals surface area contributed by atoms with Gasteiger partial charge in [-0.15, -0.1) is 0 Å². The lowest BCUT2D eigenvalue weighted by molar-refractivity contribution is -0.266. The smallest absolute Gasteiger partial charge is 0.339 e. The van der Waals surface area contributed by atoms with Crippen molar-refractivity contribution in [3.05, 3.63) is 35.9 Å². The number of furan rings is 1. The standard InChI is InChI=1S/C43H56N2O11/c1-39(2)32-30(48)33(49)41(4)31-22(6-8-25-35(55-39)42(31,32)18-53-37(25)50)15-40(3)34(54-38(51)36-43(40,41)56-36)24-10-12-52-29(24)14-26(28(47)17-46)20-5-7-23-21(13-20)9-11-45-19-44-16-27(23)45/h9-12,20-23,25-28,31-36,44,46-47,49H,5-8,13-19H2,1-4H3. The van der Waals surface area contributed by atoms with E-state index in [0.29, 0.717) is 54.9 Å². The number of esters is 2. The predicted octanol–water partition coefficient (Wildman–Crippen LogP) is 2.66. The van der Waals surface area contributed by atoms with Crippen molar-refractivity contribution >= 4 is 17.7 Å². The van der Waals surface area contributed by atoms with Crippen LogP contribution in [-0.4, -0.2) is 106 Å². The lowest BCUT2D eigenvalue weighted by Crippen LogP contribution is -2.77. The van der Waals surface area contributed by atoms with Gasteiger partial charge in [-0.2, -0.15) is 0 Å². The van der Waals surface area contributed by atoms with Gasteiger partial charge in [-0.1, -0.05) is 19.9 Å². The Hall–Kier alpha value is -2.81. The van der Waals surface area contributed by atoms with Gasteiger partial charge in [0.15, 0.2) is 11.9 Å². The molecule has 1 aromatic rings. The number of epoxide rings is 1. The minimum Gasteiger partial charge on any atom is -0.469 e. The molecule has 6 aliphatic heterocycles. The molecule has 4 saturated carbocycles. The molecule has 304 valence electrons. The van der Waals surface area contributed by atoms with Crippen LogP contribution >= 0.6 is 0 Å². The van der Waals surface area contributed by atoms with E-state index in [1.807, 2.05) is 26.8 Å². The maximum atomic E-state index is 14.8. The highest BCUT2D eigenvalue weighted by Gasteiger charge is 2.92. The van der Waals surface area contributed by atoms with Crippen molar-refractivity contribution in [3.63, 3.8) is 0 Å². The zero-order valence-electron chi connectivity index (χ0n) is 32.7. The van der Waals surface area contributed by atoms with Crippen molar-refractivity contribution in [3.8, 4) is 0 Å². The molecule has 7 heterocycles. The third-order valence-corrected chi connectivity index (χ3v) is 17.8. The van der Waals surface area contributed by atoms with E-state index < -0.39 is 75.8 Å². The molecular formula is C43H56N2O11. The van der Waals surface area contributed by atoms with Crippen molar-refractivity contribution in [1.82, 2.24) is 10.2 Å². The number of ether oxygens (including phenoxy) is 4. The Labute approximate surface area is 326 Å². The molecule has 18 unspecified atom stereocenters. The summed E-state index contributed by atoms with van der Waals surface area (Å²) < 4.78 is 32.2. The molecule has 2 spiro atoms. The topological polar surface area (TPSA) is 181 Å². The normalized spacial score (nSPS) is 51.3. The minimum atomic E-state index is -1.46. The van der Waals surface area contributed by atoms with E-state index in [0.717, 1.165) is 32.5 Å². The molecule has 0 amide bonds. The van der Waals surface area contributed by atoms with Crippen LogP contribution in [0, 0.1) is 63.6 Å². The zero-order chi connectivity index (χ0) is 38.9. The van der Waals surface area contributed by atoms with E-state index >= 15 is 0 Å². The molecule has 1 aromatic heterocycles. The van der Waals surface area contributed by atoms with Crippen molar-refractivity contribution in [1.29, 1.82) is 0 Å². The zero-order valence-corrected chi connectivity index (χ0v) is 32.7. The molecule has 4 N–H and O–H groups in total. The summed E-state index contributed by atoms with van der Waals surface area (Å²) in [7, 11) is 0. The second-order valence-corrected chi connectivity index (χ2v) is 20.3. The Morgan fingerprint density at radius 3 is 2.66 bits per heavy atom. The van der Waals surface area contributed by atoms with Gasteiger partial charge in [0.05, 0.1) is 49.2 Å². The van der Waals surface area contributed by atoms with Gasteiger partial charge < -0.3 is 43.6 Å². The Morgan fingerprint density at radius 2 is 1.86 bits per heavy atom. The van der Waals surface area contributed by atoms with Gasteiger partial charge in [0.25, 0.3) is 0 Å². The summed E-state index contributed by atoms with van der Waals surface area (Å²) in [6, 6.07) is 2.33. The minimum absolute atomic E-state index is 0.0243. The number of rotatable bonds is 6. The molecule has 11 rings (SSSR count). The van der Waals surface area contributed by atoms with Gasteiger partial charge >= 0.3 is 11.9 Å². The fraction of sp³-hybridized carbons (Fsp3) is 0.791. The van der Waals surface area contributed by atoms with Crippen molar-refractivity contribution in [2.75, 3.05) is 26.4 Å². The average molecular weight is 777 g/mol. The van der Waals surface area contributed by atoms with E-state index in [-0.39, 0.29) is 48.6 Å². The predicted molar refractivity (Wildman–Crippen MR) is 195 cm³/mol. The first-order valence-electron chi connectivity index (χ1n) is 21.2. The molecule has 13 heteroatoms. The fourth-order valence-electron chi connectivity index (χ4n) is 16.0. The quantitative estimate of drug-likeness (QED) is 0.245. The molecular weight excluding hydrogens is 720 g/mol. The largest absolute Gasteiger partial charge is 0.469 e. The molecule has 9 fully saturated rings. The molecule has 0 radical (unpaired) electrons. The van der Waals surface area contributed by atoms with Gasteiger partial charge in [-0.3, -0.25) is 14.9 Å². The van der Waals surface area contributed by atoms with Gasteiger partial charge in [0.2, 0.25) is 0 Å². The highest BCUT2D eigenvalue weighted by atomic mass is 16.7. The summed E-state index contributed by atoms with van der Waals surface area (Å²) >= 11 is 0. The summed E-state index contributed by atoms with van der Waals surface area (Å²) in [5, 5.41) is 37.8. The van der Waals surface area contributed by atoms with Crippen LogP contribution in [0.4, 0.5) is 0 Å². The number of hydrogen-bond acceptors (Lipinski definition) is 13. The first kappa shape index (κ1) is 36.3. The molecule has 2 bridgehead atoms. The summed E-state index contributed by atoms with van der Waals surface area (Å²) in [5.41, 5.74) is -4.54. The molecule has 0 aromatic carbocycles. The maximum absolute atomic E-state index is 14.8. The Balaban J connectivity index is 0.972. The van der Waals surface area contributed by atoms with Crippen LogP contribution in [-0.2, 0) is 39.8 Å². The number of hydrogen-bond donors (Lipinski definition) is 4.